The summed E-state index contributed by atoms with van der Waals surface area (Å²) in [6.45, 7) is 9.61. The SMILES string of the molecule is C=CCC1(CC=C)OC(C)CS1. The first-order valence-electron chi connectivity index (χ1n) is 4.26. The van der Waals surface area contributed by atoms with Gasteiger partial charge < -0.3 is 4.74 Å². The van der Waals surface area contributed by atoms with Gasteiger partial charge in [-0.3, -0.25) is 0 Å². The molecule has 1 rings (SSSR count). The molecule has 0 spiro atoms. The summed E-state index contributed by atoms with van der Waals surface area (Å²) in [5.41, 5.74) is 0. The Morgan fingerprint density at radius 2 is 2.08 bits per heavy atom. The normalized spacial score (nSPS) is 26.9. The van der Waals surface area contributed by atoms with E-state index >= 15 is 0 Å². The Balaban J connectivity index is 2.59. The summed E-state index contributed by atoms with van der Waals surface area (Å²) in [5, 5.41) is 0. The Morgan fingerprint density at radius 1 is 1.50 bits per heavy atom. The topological polar surface area (TPSA) is 9.23 Å². The second kappa shape index (κ2) is 4.15. The van der Waals surface area contributed by atoms with E-state index in [4.69, 9.17) is 4.74 Å². The average Bonchev–Trinajstić information content (AvgIpc) is 2.34. The number of hydrogen-bond acceptors (Lipinski definition) is 2. The van der Waals surface area contributed by atoms with Crippen LogP contribution in [0.4, 0.5) is 0 Å². The minimum Gasteiger partial charge on any atom is -0.360 e. The highest BCUT2D eigenvalue weighted by Gasteiger charge is 2.36. The fourth-order valence-electron chi connectivity index (χ4n) is 1.44. The zero-order chi connectivity index (χ0) is 9.03. The van der Waals surface area contributed by atoms with Crippen molar-refractivity contribution in [3.05, 3.63) is 25.3 Å². The number of thioether (sulfide) groups is 1. The molecule has 1 heterocycles. The minimum atomic E-state index is -0.0527. The van der Waals surface area contributed by atoms with Crippen LogP contribution in [0.3, 0.4) is 0 Å². The van der Waals surface area contributed by atoms with Crippen LogP contribution in [0.25, 0.3) is 0 Å². The van der Waals surface area contributed by atoms with Crippen LogP contribution in [0.1, 0.15) is 19.8 Å². The molecule has 1 unspecified atom stereocenters. The lowest BCUT2D eigenvalue weighted by atomic mass is 10.1. The maximum Gasteiger partial charge on any atom is 0.121 e. The largest absolute Gasteiger partial charge is 0.360 e. The van der Waals surface area contributed by atoms with E-state index in [1.54, 1.807) is 0 Å². The van der Waals surface area contributed by atoms with Crippen LogP contribution < -0.4 is 0 Å². The van der Waals surface area contributed by atoms with Crippen molar-refractivity contribution in [3.8, 4) is 0 Å². The average molecular weight is 184 g/mol. The molecule has 1 nitrogen and oxygen atoms in total. The monoisotopic (exact) mass is 184 g/mol. The molecule has 1 fully saturated rings. The van der Waals surface area contributed by atoms with Gasteiger partial charge in [0.15, 0.2) is 0 Å². The van der Waals surface area contributed by atoms with Gasteiger partial charge in [0.25, 0.3) is 0 Å². The first-order chi connectivity index (χ1) is 5.72. The van der Waals surface area contributed by atoms with E-state index in [1.165, 1.54) is 0 Å². The molecule has 0 radical (unpaired) electrons. The maximum atomic E-state index is 5.85. The Bertz CT molecular complexity index is 167. The molecule has 0 aromatic rings. The molecular formula is C10H16OS. The van der Waals surface area contributed by atoms with E-state index in [-0.39, 0.29) is 4.93 Å². The molecule has 1 atom stereocenters. The Hall–Kier alpha value is -0.210. The first-order valence-corrected chi connectivity index (χ1v) is 5.24. The van der Waals surface area contributed by atoms with Crippen molar-refractivity contribution in [2.24, 2.45) is 0 Å². The van der Waals surface area contributed by atoms with Crippen LogP contribution in [-0.4, -0.2) is 16.8 Å². The van der Waals surface area contributed by atoms with Crippen LogP contribution in [0, 0.1) is 0 Å². The fourth-order valence-corrected chi connectivity index (χ4v) is 2.75. The van der Waals surface area contributed by atoms with Crippen LogP contribution in [0.5, 0.6) is 0 Å². The van der Waals surface area contributed by atoms with Crippen molar-refractivity contribution in [2.45, 2.75) is 30.8 Å². The molecule has 68 valence electrons. The third kappa shape index (κ3) is 2.14. The van der Waals surface area contributed by atoms with Gasteiger partial charge in [-0.25, -0.2) is 0 Å². The van der Waals surface area contributed by atoms with E-state index in [1.807, 2.05) is 23.9 Å². The summed E-state index contributed by atoms with van der Waals surface area (Å²) in [7, 11) is 0. The molecule has 0 aromatic carbocycles. The van der Waals surface area contributed by atoms with Crippen molar-refractivity contribution < 1.29 is 4.74 Å². The smallest absolute Gasteiger partial charge is 0.121 e. The Kier molecular flexibility index (Phi) is 3.41. The molecule has 2 heteroatoms. The van der Waals surface area contributed by atoms with Gasteiger partial charge in [-0.15, -0.1) is 24.9 Å². The summed E-state index contributed by atoms with van der Waals surface area (Å²) < 4.78 is 5.85. The van der Waals surface area contributed by atoms with Gasteiger partial charge in [-0.1, -0.05) is 12.2 Å². The van der Waals surface area contributed by atoms with Crippen molar-refractivity contribution in [1.29, 1.82) is 0 Å². The summed E-state index contributed by atoms with van der Waals surface area (Å²) in [6, 6.07) is 0. The van der Waals surface area contributed by atoms with Crippen molar-refractivity contribution in [3.63, 3.8) is 0 Å². The molecular weight excluding hydrogens is 168 g/mol. The van der Waals surface area contributed by atoms with Gasteiger partial charge in [-0.2, -0.15) is 0 Å². The van der Waals surface area contributed by atoms with Crippen LogP contribution in [0.2, 0.25) is 0 Å². The van der Waals surface area contributed by atoms with Crippen LogP contribution >= 0.6 is 11.8 Å². The maximum absolute atomic E-state index is 5.85. The van der Waals surface area contributed by atoms with Gasteiger partial charge in [0.1, 0.15) is 4.93 Å². The van der Waals surface area contributed by atoms with E-state index in [0.29, 0.717) is 6.10 Å². The van der Waals surface area contributed by atoms with Gasteiger partial charge in [0.05, 0.1) is 6.10 Å². The molecule has 0 saturated carbocycles. The van der Waals surface area contributed by atoms with Crippen molar-refractivity contribution >= 4 is 11.8 Å². The lowest BCUT2D eigenvalue weighted by Crippen LogP contribution is -2.24. The van der Waals surface area contributed by atoms with Gasteiger partial charge in [0, 0.05) is 18.6 Å². The molecule has 12 heavy (non-hydrogen) atoms. The molecule has 0 N–H and O–H groups in total. The molecule has 0 bridgehead atoms. The van der Waals surface area contributed by atoms with Gasteiger partial charge in [0.2, 0.25) is 0 Å². The molecule has 1 aliphatic rings. The summed E-state index contributed by atoms with van der Waals surface area (Å²) in [6.07, 6.45) is 6.04. The second-order valence-corrected chi connectivity index (χ2v) is 4.50. The summed E-state index contributed by atoms with van der Waals surface area (Å²) >= 11 is 1.88. The van der Waals surface area contributed by atoms with Crippen LogP contribution in [-0.2, 0) is 4.74 Å². The second-order valence-electron chi connectivity index (χ2n) is 3.14. The van der Waals surface area contributed by atoms with E-state index in [2.05, 4.69) is 20.1 Å². The van der Waals surface area contributed by atoms with E-state index in [9.17, 15) is 0 Å². The van der Waals surface area contributed by atoms with E-state index in [0.717, 1.165) is 18.6 Å². The highest BCUT2D eigenvalue weighted by Crippen LogP contribution is 2.42. The molecule has 0 aliphatic carbocycles. The first kappa shape index (κ1) is 9.87. The zero-order valence-corrected chi connectivity index (χ0v) is 8.40. The summed E-state index contributed by atoms with van der Waals surface area (Å²) in [5.74, 6) is 1.08. The molecule has 0 amide bonds. The van der Waals surface area contributed by atoms with Crippen molar-refractivity contribution in [2.75, 3.05) is 5.75 Å². The number of ether oxygens (including phenoxy) is 1. The zero-order valence-electron chi connectivity index (χ0n) is 7.58. The molecule has 1 aliphatic heterocycles. The lowest BCUT2D eigenvalue weighted by Gasteiger charge is -2.25. The lowest BCUT2D eigenvalue weighted by molar-refractivity contribution is 0.00602. The Labute approximate surface area is 78.9 Å². The third-order valence-electron chi connectivity index (χ3n) is 1.91. The predicted molar refractivity (Wildman–Crippen MR) is 55.4 cm³/mol. The predicted octanol–water partition coefficient (Wildman–Crippen LogP) is 2.99. The van der Waals surface area contributed by atoms with Crippen LogP contribution in [0.15, 0.2) is 25.3 Å². The summed E-state index contributed by atoms with van der Waals surface area (Å²) in [4.78, 5) is -0.0527. The van der Waals surface area contributed by atoms with E-state index < -0.39 is 0 Å². The minimum absolute atomic E-state index is 0.0527. The van der Waals surface area contributed by atoms with Crippen molar-refractivity contribution in [1.82, 2.24) is 0 Å². The van der Waals surface area contributed by atoms with Gasteiger partial charge >= 0.3 is 0 Å². The Morgan fingerprint density at radius 3 is 2.42 bits per heavy atom. The highest BCUT2D eigenvalue weighted by molar-refractivity contribution is 8.00. The standard InChI is InChI=1S/C10H16OS/c1-4-6-10(7-5-2)11-9(3)8-12-10/h4-5,9H,1-2,6-8H2,3H3. The number of rotatable bonds is 4. The third-order valence-corrected chi connectivity index (χ3v) is 3.50. The highest BCUT2D eigenvalue weighted by atomic mass is 32.2. The molecule has 1 saturated heterocycles. The quantitative estimate of drug-likeness (QED) is 0.621. The molecule has 0 aromatic heterocycles. The van der Waals surface area contributed by atoms with Gasteiger partial charge in [-0.05, 0) is 6.92 Å². The fraction of sp³-hybridized carbons (Fsp3) is 0.600. The number of hydrogen-bond donors (Lipinski definition) is 0.